The number of hydrogen-bond donors (Lipinski definition) is 0. The Morgan fingerprint density at radius 2 is 0.671 bits per heavy atom. The fraction of sp³-hybridized carbons (Fsp3) is 0.0303. The van der Waals surface area contributed by atoms with Crippen LogP contribution in [-0.2, 0) is 0 Å². The highest BCUT2D eigenvalue weighted by Gasteiger charge is 2.37. The molecule has 0 bridgehead atoms. The zero-order chi connectivity index (χ0) is 45.9. The minimum Gasteiger partial charge on any atom is -0.333 e. The molecule has 4 heterocycles. The van der Waals surface area contributed by atoms with Gasteiger partial charge in [-0.3, -0.25) is 0 Å². The highest BCUT2D eigenvalue weighted by molar-refractivity contribution is 6.19. The first-order valence-electron chi connectivity index (χ1n) is 24.3. The van der Waals surface area contributed by atoms with Crippen molar-refractivity contribution in [3.8, 4) is 39.3 Å². The summed E-state index contributed by atoms with van der Waals surface area (Å²) in [6.07, 6.45) is 9.15. The second-order valence-corrected chi connectivity index (χ2v) is 18.9. The number of para-hydroxylation sites is 5. The van der Waals surface area contributed by atoms with Crippen LogP contribution in [-0.4, -0.2) is 19.7 Å². The minimum absolute atomic E-state index is 0.175. The molecule has 15 rings (SSSR count). The van der Waals surface area contributed by atoms with Gasteiger partial charge in [0.2, 0.25) is 0 Å². The van der Waals surface area contributed by atoms with Crippen LogP contribution in [0.3, 0.4) is 0 Å². The van der Waals surface area contributed by atoms with Gasteiger partial charge in [0, 0.05) is 66.7 Å². The lowest BCUT2D eigenvalue weighted by Crippen LogP contribution is -2.28. The number of nitrogens with zero attached hydrogens (tertiary/aromatic N) is 4. The monoisotopic (exact) mass is 892 g/mol. The van der Waals surface area contributed by atoms with Crippen LogP contribution in [0, 0.1) is 0 Å². The predicted octanol–water partition coefficient (Wildman–Crippen LogP) is 17.0. The van der Waals surface area contributed by atoms with E-state index in [1.165, 1.54) is 88.0 Å². The summed E-state index contributed by atoms with van der Waals surface area (Å²) in [4.78, 5) is 2.56. The lowest BCUT2D eigenvalue weighted by atomic mass is 9.91. The molecule has 328 valence electrons. The summed E-state index contributed by atoms with van der Waals surface area (Å²) in [5.41, 5.74) is 18.9. The van der Waals surface area contributed by atoms with Crippen molar-refractivity contribution in [2.45, 2.75) is 12.0 Å². The number of anilines is 2. The van der Waals surface area contributed by atoms with E-state index in [1.807, 2.05) is 0 Å². The molecule has 0 N–H and O–H groups in total. The van der Waals surface area contributed by atoms with Crippen LogP contribution >= 0.6 is 0 Å². The first-order valence-corrected chi connectivity index (χ1v) is 24.3. The Kier molecular flexibility index (Phi) is 8.45. The summed E-state index contributed by atoms with van der Waals surface area (Å²) < 4.78 is 7.47. The van der Waals surface area contributed by atoms with Gasteiger partial charge in [-0.2, -0.15) is 0 Å². The van der Waals surface area contributed by atoms with Crippen molar-refractivity contribution in [1.29, 1.82) is 0 Å². The number of rotatable bonds is 6. The average Bonchev–Trinajstić information content (AvgIpc) is 4.15. The first-order chi connectivity index (χ1) is 34.7. The molecule has 2 atom stereocenters. The first kappa shape index (κ1) is 38.9. The topological polar surface area (TPSA) is 18.0 Å². The van der Waals surface area contributed by atoms with E-state index >= 15 is 0 Å². The Balaban J connectivity index is 1.02. The molecule has 13 aromatic rings. The number of aromatic nitrogens is 3. The fourth-order valence-electron chi connectivity index (χ4n) is 12.1. The van der Waals surface area contributed by atoms with Crippen LogP contribution in [0.4, 0.5) is 11.4 Å². The van der Waals surface area contributed by atoms with Gasteiger partial charge in [0.15, 0.2) is 0 Å². The Morgan fingerprint density at radius 1 is 0.271 bits per heavy atom. The zero-order valence-electron chi connectivity index (χ0n) is 38.2. The highest BCUT2D eigenvalue weighted by atomic mass is 15.2. The molecule has 0 spiro atoms. The van der Waals surface area contributed by atoms with Crippen molar-refractivity contribution in [3.63, 3.8) is 0 Å². The standard InChI is InChI=1S/C66H44N4/c1-3-19-43(20-4-1)45-35-47(67-59-29-13-7-23-51(59)52-24-8-14-30-60(52)67)39-49(37-45)69-63-33-17-11-27-55(63)57-41-58-56-28-12-18-34-64(56)70(66(58)42-65(57)69)50-38-46(44-21-5-2-6-22-44)36-48(40-50)68-61-31-15-9-25-53(61)54-26-10-16-32-62(54)68/h1-42,51,59H. The van der Waals surface area contributed by atoms with Crippen LogP contribution < -0.4 is 4.90 Å². The normalized spacial score (nSPS) is 15.3. The molecular formula is C66H44N4. The summed E-state index contributed by atoms with van der Waals surface area (Å²) in [6.45, 7) is 0. The molecule has 0 saturated carbocycles. The molecule has 1 aliphatic carbocycles. The van der Waals surface area contributed by atoms with E-state index in [1.54, 1.807) is 0 Å². The van der Waals surface area contributed by atoms with E-state index in [0.29, 0.717) is 0 Å². The molecule has 0 saturated heterocycles. The van der Waals surface area contributed by atoms with Gasteiger partial charge in [-0.25, -0.2) is 0 Å². The number of fused-ring (bicyclic) bond motifs is 12. The quantitative estimate of drug-likeness (QED) is 0.163. The van der Waals surface area contributed by atoms with Gasteiger partial charge >= 0.3 is 0 Å². The Labute approximate surface area is 405 Å². The van der Waals surface area contributed by atoms with Gasteiger partial charge in [-0.1, -0.05) is 176 Å². The third-order valence-electron chi connectivity index (χ3n) is 15.1. The van der Waals surface area contributed by atoms with Crippen LogP contribution in [0.1, 0.15) is 11.5 Å². The van der Waals surface area contributed by atoms with Gasteiger partial charge in [0.05, 0.1) is 39.1 Å². The van der Waals surface area contributed by atoms with Crippen LogP contribution in [0.5, 0.6) is 0 Å². The molecule has 0 fully saturated rings. The summed E-state index contributed by atoms with van der Waals surface area (Å²) in [5.74, 6) is 0.282. The van der Waals surface area contributed by atoms with Crippen molar-refractivity contribution in [2.75, 3.05) is 4.90 Å². The summed E-state index contributed by atoms with van der Waals surface area (Å²) in [5, 5.41) is 7.41. The molecule has 0 amide bonds. The Morgan fingerprint density at radius 3 is 1.20 bits per heavy atom. The van der Waals surface area contributed by atoms with Gasteiger partial charge in [-0.05, 0) is 107 Å². The molecular weight excluding hydrogens is 849 g/mol. The molecule has 0 radical (unpaired) electrons. The van der Waals surface area contributed by atoms with Crippen molar-refractivity contribution < 1.29 is 0 Å². The van der Waals surface area contributed by atoms with E-state index in [2.05, 4.69) is 273 Å². The average molecular weight is 893 g/mol. The molecule has 1 aliphatic heterocycles. The predicted molar refractivity (Wildman–Crippen MR) is 294 cm³/mol. The summed E-state index contributed by atoms with van der Waals surface area (Å²) in [6, 6.07) is 85.6. The smallest absolute Gasteiger partial charge is 0.0629 e. The van der Waals surface area contributed by atoms with Gasteiger partial charge < -0.3 is 18.6 Å². The van der Waals surface area contributed by atoms with E-state index in [0.717, 1.165) is 33.7 Å². The third kappa shape index (κ3) is 5.77. The maximum absolute atomic E-state index is 2.56. The highest BCUT2D eigenvalue weighted by Crippen LogP contribution is 2.49. The maximum Gasteiger partial charge on any atom is 0.0629 e. The van der Waals surface area contributed by atoms with Crippen molar-refractivity contribution >= 4 is 76.8 Å². The number of hydrogen-bond acceptors (Lipinski definition) is 1. The maximum atomic E-state index is 2.56. The number of allylic oxidation sites excluding steroid dienone is 2. The van der Waals surface area contributed by atoms with E-state index in [4.69, 9.17) is 0 Å². The fourth-order valence-corrected chi connectivity index (χ4v) is 12.1. The van der Waals surface area contributed by atoms with E-state index < -0.39 is 0 Å². The van der Waals surface area contributed by atoms with Crippen LogP contribution in [0.25, 0.3) is 105 Å². The SMILES string of the molecule is C1=CC2c3ccccc3N(c3cc(-c4ccccc4)cc(-n4c5ccccc5c5cc6c7ccccc7n(-c7cc(-c8ccccc8)cc(-n8c9ccccc9c9ccccc98)c7)c6cc54)c3)C2C=C1. The minimum atomic E-state index is 0.175. The molecule has 70 heavy (non-hydrogen) atoms. The lowest BCUT2D eigenvalue weighted by molar-refractivity contribution is 0.744. The third-order valence-corrected chi connectivity index (χ3v) is 15.1. The molecule has 2 aliphatic rings. The molecule has 2 unspecified atom stereocenters. The largest absolute Gasteiger partial charge is 0.333 e. The van der Waals surface area contributed by atoms with Gasteiger partial charge in [-0.15, -0.1) is 0 Å². The summed E-state index contributed by atoms with van der Waals surface area (Å²) >= 11 is 0. The second-order valence-electron chi connectivity index (χ2n) is 18.9. The Hall–Kier alpha value is -9.12. The lowest BCUT2D eigenvalue weighted by Gasteiger charge is -2.30. The van der Waals surface area contributed by atoms with Crippen molar-refractivity contribution in [3.05, 3.63) is 260 Å². The summed E-state index contributed by atoms with van der Waals surface area (Å²) in [7, 11) is 0. The molecule has 10 aromatic carbocycles. The van der Waals surface area contributed by atoms with E-state index in [-0.39, 0.29) is 12.0 Å². The van der Waals surface area contributed by atoms with Gasteiger partial charge in [0.25, 0.3) is 0 Å². The molecule has 4 heteroatoms. The van der Waals surface area contributed by atoms with Crippen LogP contribution in [0.15, 0.2) is 255 Å². The van der Waals surface area contributed by atoms with E-state index in [9.17, 15) is 0 Å². The number of benzene rings is 10. The zero-order valence-corrected chi connectivity index (χ0v) is 38.2. The van der Waals surface area contributed by atoms with Crippen molar-refractivity contribution in [2.24, 2.45) is 0 Å². The van der Waals surface area contributed by atoms with Gasteiger partial charge in [0.1, 0.15) is 0 Å². The molecule has 4 nitrogen and oxygen atoms in total. The van der Waals surface area contributed by atoms with Crippen molar-refractivity contribution in [1.82, 2.24) is 13.7 Å². The Bertz CT molecular complexity index is 4260. The molecule has 3 aromatic heterocycles. The van der Waals surface area contributed by atoms with Crippen LogP contribution in [0.2, 0.25) is 0 Å². The second kappa shape index (κ2) is 15.2.